The van der Waals surface area contributed by atoms with Crippen LogP contribution in [0.4, 0.5) is 17.3 Å². The highest BCUT2D eigenvalue weighted by atomic mass is 16.5. The van der Waals surface area contributed by atoms with Gasteiger partial charge in [-0.05, 0) is 11.6 Å². The van der Waals surface area contributed by atoms with Gasteiger partial charge in [-0.3, -0.25) is 4.79 Å². The molecule has 0 aliphatic carbocycles. The third-order valence-corrected chi connectivity index (χ3v) is 4.56. The maximum absolute atomic E-state index is 12.5. The molecule has 0 radical (unpaired) electrons. The number of nitrogens with zero attached hydrogens (tertiary/aromatic N) is 3. The molecule has 29 heavy (non-hydrogen) atoms. The fourth-order valence-electron chi connectivity index (χ4n) is 3.26. The van der Waals surface area contributed by atoms with Crippen molar-refractivity contribution in [3.8, 4) is 17.2 Å². The van der Waals surface area contributed by atoms with Gasteiger partial charge in [0.05, 0.1) is 21.3 Å². The number of anilines is 3. The zero-order chi connectivity index (χ0) is 20.4. The highest BCUT2D eigenvalue weighted by molar-refractivity contribution is 6.04. The molecule has 1 aliphatic rings. The molecule has 9 nitrogen and oxygen atoms in total. The molecule has 0 bridgehead atoms. The van der Waals surface area contributed by atoms with Crippen LogP contribution in [0.5, 0.6) is 17.2 Å². The summed E-state index contributed by atoms with van der Waals surface area (Å²) in [5, 5.41) is 5.95. The van der Waals surface area contributed by atoms with E-state index >= 15 is 0 Å². The number of hydrogen-bond acceptors (Lipinski definition) is 8. The van der Waals surface area contributed by atoms with Gasteiger partial charge in [-0.1, -0.05) is 18.2 Å². The Morgan fingerprint density at radius 1 is 1.00 bits per heavy atom. The minimum atomic E-state index is -0.588. The number of methoxy groups -OCH3 is 3. The molecular formula is C20H19N5O4. The maximum Gasteiger partial charge on any atom is 0.239 e. The number of para-hydroxylation sites is 1. The molecule has 148 valence electrons. The van der Waals surface area contributed by atoms with Crippen LogP contribution >= 0.6 is 0 Å². The van der Waals surface area contributed by atoms with Gasteiger partial charge in [0.1, 0.15) is 12.2 Å². The Morgan fingerprint density at radius 2 is 1.72 bits per heavy atom. The van der Waals surface area contributed by atoms with Crippen LogP contribution in [0.25, 0.3) is 0 Å². The van der Waals surface area contributed by atoms with Crippen LogP contribution in [-0.4, -0.2) is 42.2 Å². The maximum atomic E-state index is 12.5. The second-order valence-corrected chi connectivity index (χ2v) is 6.22. The predicted octanol–water partition coefficient (Wildman–Crippen LogP) is 2.73. The van der Waals surface area contributed by atoms with Crippen molar-refractivity contribution in [2.75, 3.05) is 32.0 Å². The number of amides is 1. The second-order valence-electron chi connectivity index (χ2n) is 6.22. The van der Waals surface area contributed by atoms with E-state index in [0.29, 0.717) is 34.7 Å². The van der Waals surface area contributed by atoms with Crippen molar-refractivity contribution in [1.29, 1.82) is 0 Å². The van der Waals surface area contributed by atoms with E-state index in [4.69, 9.17) is 14.2 Å². The van der Waals surface area contributed by atoms with Crippen LogP contribution in [0.1, 0.15) is 17.3 Å². The Morgan fingerprint density at radius 3 is 2.41 bits per heavy atom. The Balaban J connectivity index is 1.66. The van der Waals surface area contributed by atoms with E-state index in [1.54, 1.807) is 12.1 Å². The van der Waals surface area contributed by atoms with Crippen molar-refractivity contribution >= 4 is 23.2 Å². The highest BCUT2D eigenvalue weighted by Crippen LogP contribution is 2.40. The zero-order valence-electron chi connectivity index (χ0n) is 16.1. The monoisotopic (exact) mass is 393 g/mol. The predicted molar refractivity (Wildman–Crippen MR) is 106 cm³/mol. The number of ether oxygens (including phenoxy) is 3. The Hall–Kier alpha value is -3.88. The molecule has 2 aromatic carbocycles. The minimum Gasteiger partial charge on any atom is -0.493 e. The molecule has 1 atom stereocenters. The number of carbonyl (C=O) groups is 1. The van der Waals surface area contributed by atoms with Crippen LogP contribution in [0.2, 0.25) is 0 Å². The molecule has 2 heterocycles. The summed E-state index contributed by atoms with van der Waals surface area (Å²) in [4.78, 5) is 25.3. The molecule has 1 aliphatic heterocycles. The van der Waals surface area contributed by atoms with Crippen LogP contribution < -0.4 is 24.8 Å². The van der Waals surface area contributed by atoms with Gasteiger partial charge in [0.2, 0.25) is 17.6 Å². The molecule has 0 fully saturated rings. The summed E-state index contributed by atoms with van der Waals surface area (Å²) < 4.78 is 16.1. The van der Waals surface area contributed by atoms with Crippen molar-refractivity contribution in [1.82, 2.24) is 15.0 Å². The Bertz CT molecular complexity index is 1050. The average molecular weight is 393 g/mol. The van der Waals surface area contributed by atoms with Crippen molar-refractivity contribution in [3.63, 3.8) is 0 Å². The number of fused-ring (bicyclic) bond motifs is 1. The van der Waals surface area contributed by atoms with Gasteiger partial charge in [-0.15, -0.1) is 0 Å². The normalized spacial score (nSPS) is 14.7. The number of aromatic nitrogens is 3. The van der Waals surface area contributed by atoms with Crippen molar-refractivity contribution in [2.24, 2.45) is 0 Å². The smallest absolute Gasteiger partial charge is 0.239 e. The summed E-state index contributed by atoms with van der Waals surface area (Å²) in [5.41, 5.74) is 2.23. The molecule has 4 rings (SSSR count). The first kappa shape index (κ1) is 18.5. The van der Waals surface area contributed by atoms with Crippen molar-refractivity contribution < 1.29 is 19.0 Å². The van der Waals surface area contributed by atoms with Crippen molar-refractivity contribution in [2.45, 2.75) is 5.92 Å². The van der Waals surface area contributed by atoms with E-state index < -0.39 is 5.92 Å². The van der Waals surface area contributed by atoms with Gasteiger partial charge >= 0.3 is 0 Å². The lowest BCUT2D eigenvalue weighted by Gasteiger charge is -2.15. The number of carbonyl (C=O) groups excluding carboxylic acids is 1. The van der Waals surface area contributed by atoms with Crippen LogP contribution in [0.15, 0.2) is 42.7 Å². The molecular weight excluding hydrogens is 374 g/mol. The highest BCUT2D eigenvalue weighted by Gasteiger charge is 2.34. The molecule has 1 unspecified atom stereocenters. The topological polar surface area (TPSA) is 107 Å². The summed E-state index contributed by atoms with van der Waals surface area (Å²) in [6, 6.07) is 11.0. The number of nitrogens with one attached hydrogen (secondary N) is 2. The molecule has 0 spiro atoms. The van der Waals surface area contributed by atoms with Gasteiger partial charge in [0.25, 0.3) is 0 Å². The standard InChI is InChI=1S/C20H19N5O4/c1-27-14-8-11(9-15(28-2)17(14)29-3)23-20-22-10-21-18(25-20)16-12-6-4-5-7-13(12)24-19(16)26/h4-10,16H,1-3H3,(H,24,26)(H,21,22,23,25). The SMILES string of the molecule is COc1cc(Nc2ncnc(C3C(=O)Nc4ccccc43)n2)cc(OC)c1OC. The number of hydrogen-bond donors (Lipinski definition) is 2. The first-order valence-corrected chi connectivity index (χ1v) is 8.80. The molecule has 1 aromatic heterocycles. The zero-order valence-corrected chi connectivity index (χ0v) is 16.1. The van der Waals surface area contributed by atoms with E-state index in [-0.39, 0.29) is 5.91 Å². The summed E-state index contributed by atoms with van der Waals surface area (Å²) in [6.45, 7) is 0. The first-order valence-electron chi connectivity index (χ1n) is 8.80. The van der Waals surface area contributed by atoms with Crippen LogP contribution in [0.3, 0.4) is 0 Å². The Labute approximate surface area is 167 Å². The van der Waals surface area contributed by atoms with Gasteiger partial charge < -0.3 is 24.8 Å². The fourth-order valence-corrected chi connectivity index (χ4v) is 3.26. The molecule has 0 saturated heterocycles. The molecule has 0 saturated carbocycles. The van der Waals surface area contributed by atoms with E-state index in [2.05, 4.69) is 25.6 Å². The lowest BCUT2D eigenvalue weighted by molar-refractivity contribution is -0.116. The summed E-state index contributed by atoms with van der Waals surface area (Å²) >= 11 is 0. The molecule has 9 heteroatoms. The minimum absolute atomic E-state index is 0.170. The van der Waals surface area contributed by atoms with E-state index in [1.807, 2.05) is 24.3 Å². The molecule has 3 aromatic rings. The van der Waals surface area contributed by atoms with Crippen LogP contribution in [-0.2, 0) is 4.79 Å². The van der Waals surface area contributed by atoms with E-state index in [9.17, 15) is 4.79 Å². The number of rotatable bonds is 6. The second kappa shape index (κ2) is 7.63. The summed E-state index contributed by atoms with van der Waals surface area (Å²) in [6.07, 6.45) is 1.37. The van der Waals surface area contributed by atoms with E-state index in [0.717, 1.165) is 11.3 Å². The van der Waals surface area contributed by atoms with E-state index in [1.165, 1.54) is 27.7 Å². The van der Waals surface area contributed by atoms with Crippen molar-refractivity contribution in [3.05, 3.63) is 54.1 Å². The van der Waals surface area contributed by atoms with Crippen LogP contribution in [0, 0.1) is 0 Å². The summed E-state index contributed by atoms with van der Waals surface area (Å²) in [5.74, 6) is 1.36. The van der Waals surface area contributed by atoms with Gasteiger partial charge in [0.15, 0.2) is 17.3 Å². The molecule has 1 amide bonds. The Kier molecular flexibility index (Phi) is 4.86. The van der Waals surface area contributed by atoms with Gasteiger partial charge in [0, 0.05) is 23.5 Å². The van der Waals surface area contributed by atoms with Gasteiger partial charge in [-0.2, -0.15) is 4.98 Å². The number of benzene rings is 2. The third-order valence-electron chi connectivity index (χ3n) is 4.56. The molecule has 2 N–H and O–H groups in total. The fraction of sp³-hybridized carbons (Fsp3) is 0.200. The lowest BCUT2D eigenvalue weighted by atomic mass is 10.0. The summed E-state index contributed by atoms with van der Waals surface area (Å²) in [7, 11) is 4.62. The lowest BCUT2D eigenvalue weighted by Crippen LogP contribution is -2.16. The van der Waals surface area contributed by atoms with Gasteiger partial charge in [-0.25, -0.2) is 9.97 Å². The third kappa shape index (κ3) is 3.38. The average Bonchev–Trinajstić information content (AvgIpc) is 3.08. The quantitative estimate of drug-likeness (QED) is 0.658. The largest absolute Gasteiger partial charge is 0.493 e. The first-order chi connectivity index (χ1) is 14.1.